The lowest BCUT2D eigenvalue weighted by molar-refractivity contribution is -0.303. The van der Waals surface area contributed by atoms with E-state index in [2.05, 4.69) is 16.6 Å². The van der Waals surface area contributed by atoms with E-state index >= 15 is 0 Å². The van der Waals surface area contributed by atoms with Crippen LogP contribution in [0.1, 0.15) is 6.92 Å². The van der Waals surface area contributed by atoms with Gasteiger partial charge in [-0.2, -0.15) is 0 Å². The summed E-state index contributed by atoms with van der Waals surface area (Å²) in [7, 11) is 0. The molecule has 0 saturated heterocycles. The van der Waals surface area contributed by atoms with Gasteiger partial charge in [-0.25, -0.2) is 0 Å². The maximum Gasteiger partial charge on any atom is 0.573 e. The van der Waals surface area contributed by atoms with Crippen molar-refractivity contribution in [3.8, 4) is 11.8 Å². The third kappa shape index (κ3) is 3.99. The van der Waals surface area contributed by atoms with Gasteiger partial charge in [-0.1, -0.05) is 24.8 Å². The predicted molar refractivity (Wildman–Crippen MR) is 51.9 cm³/mol. The Morgan fingerprint density at radius 3 is 2.75 bits per heavy atom. The summed E-state index contributed by atoms with van der Waals surface area (Å²) in [4.78, 5) is 0. The summed E-state index contributed by atoms with van der Waals surface area (Å²) in [5, 5.41) is 8.51. The van der Waals surface area contributed by atoms with Crippen LogP contribution in [0.15, 0.2) is 24.0 Å². The second kappa shape index (κ2) is 5.08. The molecule has 1 aliphatic rings. The Kier molecular flexibility index (Phi) is 4.02. The van der Waals surface area contributed by atoms with Crippen molar-refractivity contribution in [1.82, 2.24) is 0 Å². The monoisotopic (exact) mass is 232 g/mol. The van der Waals surface area contributed by atoms with E-state index in [1.54, 1.807) is 6.08 Å². The molecule has 0 bridgehead atoms. The number of aliphatic hydroxyl groups excluding tert-OH is 1. The summed E-state index contributed by atoms with van der Waals surface area (Å²) in [5.41, 5.74) is 0. The molecule has 0 aromatic rings. The van der Waals surface area contributed by atoms with Crippen LogP contribution in [0.25, 0.3) is 0 Å². The highest BCUT2D eigenvalue weighted by atomic mass is 19.4. The Hall–Kier alpha value is -1.41. The predicted octanol–water partition coefficient (Wildman–Crippen LogP) is 2.22. The van der Waals surface area contributed by atoms with Gasteiger partial charge in [0, 0.05) is 5.92 Å². The number of aliphatic hydroxyl groups is 1. The second-order valence-corrected chi connectivity index (χ2v) is 3.34. The van der Waals surface area contributed by atoms with Crippen molar-refractivity contribution in [2.45, 2.75) is 13.3 Å². The molecule has 0 aromatic carbocycles. The van der Waals surface area contributed by atoms with Crippen LogP contribution in [0.2, 0.25) is 0 Å². The Balaban J connectivity index is 2.76. The maximum atomic E-state index is 11.9. The van der Waals surface area contributed by atoms with Gasteiger partial charge in [0.15, 0.2) is 0 Å². The van der Waals surface area contributed by atoms with Crippen LogP contribution in [0.5, 0.6) is 0 Å². The molecule has 0 heterocycles. The SMILES string of the molecule is CC1C=CC(OC(F)(F)F)=CC1C#CCO. The third-order valence-electron chi connectivity index (χ3n) is 2.06. The van der Waals surface area contributed by atoms with Gasteiger partial charge in [0.2, 0.25) is 0 Å². The third-order valence-corrected chi connectivity index (χ3v) is 2.06. The Bertz CT molecular complexity index is 358. The van der Waals surface area contributed by atoms with Crippen molar-refractivity contribution in [3.63, 3.8) is 0 Å². The molecule has 0 aliphatic heterocycles. The fraction of sp³-hybridized carbons (Fsp3) is 0.455. The molecule has 0 saturated carbocycles. The molecule has 0 radical (unpaired) electrons. The van der Waals surface area contributed by atoms with E-state index in [4.69, 9.17) is 5.11 Å². The number of alkyl halides is 3. The largest absolute Gasteiger partial charge is 0.573 e. The van der Waals surface area contributed by atoms with Crippen molar-refractivity contribution in [3.05, 3.63) is 24.0 Å². The molecule has 16 heavy (non-hydrogen) atoms. The first-order chi connectivity index (χ1) is 7.42. The standard InChI is InChI=1S/C11H11F3O2/c1-8-4-5-10(16-11(12,13)14)7-9(8)3-2-6-15/h4-5,7-9,15H,6H2,1H3. The molecule has 5 heteroatoms. The molecule has 0 aromatic heterocycles. The second-order valence-electron chi connectivity index (χ2n) is 3.34. The van der Waals surface area contributed by atoms with Crippen LogP contribution in [0, 0.1) is 23.7 Å². The highest BCUT2D eigenvalue weighted by molar-refractivity contribution is 5.26. The summed E-state index contributed by atoms with van der Waals surface area (Å²) in [6.07, 6.45) is -0.514. The molecule has 2 atom stereocenters. The minimum atomic E-state index is -4.69. The molecule has 2 unspecified atom stereocenters. The Morgan fingerprint density at radius 2 is 2.19 bits per heavy atom. The lowest BCUT2D eigenvalue weighted by Gasteiger charge is -2.19. The van der Waals surface area contributed by atoms with Gasteiger partial charge in [0.05, 0.1) is 0 Å². The number of hydrogen-bond acceptors (Lipinski definition) is 2. The van der Waals surface area contributed by atoms with Gasteiger partial charge in [-0.3, -0.25) is 0 Å². The Labute approximate surface area is 91.4 Å². The average Bonchev–Trinajstić information content (AvgIpc) is 2.17. The van der Waals surface area contributed by atoms with Gasteiger partial charge in [0.1, 0.15) is 12.4 Å². The van der Waals surface area contributed by atoms with E-state index in [0.29, 0.717) is 0 Å². The molecular formula is C11H11F3O2. The van der Waals surface area contributed by atoms with Gasteiger partial charge in [-0.15, -0.1) is 13.2 Å². The number of allylic oxidation sites excluding steroid dienone is 3. The van der Waals surface area contributed by atoms with Gasteiger partial charge in [0.25, 0.3) is 0 Å². The average molecular weight is 232 g/mol. The van der Waals surface area contributed by atoms with Crippen LogP contribution in [0.4, 0.5) is 13.2 Å². The van der Waals surface area contributed by atoms with Crippen LogP contribution in [0.3, 0.4) is 0 Å². The zero-order chi connectivity index (χ0) is 12.2. The van der Waals surface area contributed by atoms with E-state index in [9.17, 15) is 13.2 Å². The van der Waals surface area contributed by atoms with Crippen molar-refractivity contribution < 1.29 is 23.0 Å². The smallest absolute Gasteiger partial charge is 0.406 e. The van der Waals surface area contributed by atoms with Gasteiger partial charge < -0.3 is 9.84 Å². The maximum absolute atomic E-state index is 11.9. The van der Waals surface area contributed by atoms with Crippen molar-refractivity contribution >= 4 is 0 Å². The normalized spacial score (nSPS) is 24.4. The molecule has 1 aliphatic carbocycles. The molecular weight excluding hydrogens is 221 g/mol. The first-order valence-corrected chi connectivity index (χ1v) is 4.67. The molecule has 1 rings (SSSR count). The van der Waals surface area contributed by atoms with Crippen molar-refractivity contribution in [2.24, 2.45) is 11.8 Å². The van der Waals surface area contributed by atoms with Crippen molar-refractivity contribution in [2.75, 3.05) is 6.61 Å². The zero-order valence-corrected chi connectivity index (χ0v) is 8.58. The van der Waals surface area contributed by atoms with Gasteiger partial charge in [-0.05, 0) is 18.1 Å². The highest BCUT2D eigenvalue weighted by Gasteiger charge is 2.32. The molecule has 1 N–H and O–H groups in total. The zero-order valence-electron chi connectivity index (χ0n) is 8.58. The molecule has 0 amide bonds. The number of hydrogen-bond donors (Lipinski definition) is 1. The van der Waals surface area contributed by atoms with Gasteiger partial charge >= 0.3 is 6.36 Å². The summed E-state index contributed by atoms with van der Waals surface area (Å²) < 4.78 is 39.6. The van der Waals surface area contributed by atoms with Crippen molar-refractivity contribution in [1.29, 1.82) is 0 Å². The molecule has 0 spiro atoms. The quantitative estimate of drug-likeness (QED) is 0.702. The Morgan fingerprint density at radius 1 is 1.50 bits per heavy atom. The van der Waals surface area contributed by atoms with E-state index in [0.717, 1.165) is 0 Å². The molecule has 88 valence electrons. The van der Waals surface area contributed by atoms with Crippen LogP contribution in [-0.4, -0.2) is 18.1 Å². The lowest BCUT2D eigenvalue weighted by Crippen LogP contribution is -2.16. The number of ether oxygens (including phenoxy) is 1. The lowest BCUT2D eigenvalue weighted by atomic mass is 9.90. The fourth-order valence-electron chi connectivity index (χ4n) is 1.29. The first-order valence-electron chi connectivity index (χ1n) is 4.67. The van der Waals surface area contributed by atoms with E-state index in [1.807, 2.05) is 6.92 Å². The van der Waals surface area contributed by atoms with Crippen LogP contribution < -0.4 is 0 Å². The fourth-order valence-corrected chi connectivity index (χ4v) is 1.29. The topological polar surface area (TPSA) is 29.5 Å². The minimum Gasteiger partial charge on any atom is -0.406 e. The first kappa shape index (κ1) is 12.7. The summed E-state index contributed by atoms with van der Waals surface area (Å²) >= 11 is 0. The summed E-state index contributed by atoms with van der Waals surface area (Å²) in [6, 6.07) is 0. The van der Waals surface area contributed by atoms with Crippen LogP contribution in [-0.2, 0) is 4.74 Å². The number of rotatable bonds is 1. The highest BCUT2D eigenvalue weighted by Crippen LogP contribution is 2.27. The van der Waals surface area contributed by atoms with E-state index in [1.165, 1.54) is 12.2 Å². The van der Waals surface area contributed by atoms with E-state index in [-0.39, 0.29) is 24.2 Å². The summed E-state index contributed by atoms with van der Waals surface area (Å²) in [6.45, 7) is 1.52. The van der Waals surface area contributed by atoms with E-state index < -0.39 is 6.36 Å². The van der Waals surface area contributed by atoms with Crippen LogP contribution >= 0.6 is 0 Å². The minimum absolute atomic E-state index is 0.000339. The number of halogens is 3. The molecule has 2 nitrogen and oxygen atoms in total. The molecule has 0 fully saturated rings. The summed E-state index contributed by atoms with van der Waals surface area (Å²) in [5.74, 6) is 4.46.